The highest BCUT2D eigenvalue weighted by Gasteiger charge is 2.50. The zero-order valence-electron chi connectivity index (χ0n) is 86.8. The smallest absolute Gasteiger partial charge is 0.134 e. The maximum atomic E-state index is 17.3. The van der Waals surface area contributed by atoms with E-state index in [0.717, 1.165) is 144 Å². The highest BCUT2D eigenvalue weighted by atomic mass is 32.2. The van der Waals surface area contributed by atoms with E-state index in [1.54, 1.807) is 115 Å². The molecule has 2 aliphatic rings. The van der Waals surface area contributed by atoms with Crippen LogP contribution >= 0.6 is 183 Å². The molecule has 4 aromatic carbocycles. The summed E-state index contributed by atoms with van der Waals surface area (Å²) in [5.74, 6) is -1.02. The lowest BCUT2D eigenvalue weighted by Crippen LogP contribution is -2.54. The van der Waals surface area contributed by atoms with E-state index in [1.165, 1.54) is 341 Å². The first-order chi connectivity index (χ1) is 73.6. The second-order valence-electron chi connectivity index (χ2n) is 40.8. The predicted molar refractivity (Wildman–Crippen MR) is 664 cm³/mol. The molecule has 0 radical (unpaired) electrons. The monoisotopic (exact) mass is 2320 g/mol. The normalized spacial score (nSPS) is 13.0. The minimum absolute atomic E-state index is 0.254. The van der Waals surface area contributed by atoms with Crippen LogP contribution < -0.4 is 20.7 Å². The van der Waals surface area contributed by atoms with Crippen LogP contribution in [0.4, 0.5) is 17.6 Å². The van der Waals surface area contributed by atoms with Gasteiger partial charge in [-0.1, -0.05) is 235 Å². The highest BCUT2D eigenvalue weighted by Crippen LogP contribution is 2.57. The van der Waals surface area contributed by atoms with Crippen molar-refractivity contribution in [3.05, 3.63) is 188 Å². The number of aromatic nitrogens is 8. The molecule has 0 saturated carbocycles. The summed E-state index contributed by atoms with van der Waals surface area (Å²) in [6.45, 7) is 18.2. The van der Waals surface area contributed by atoms with Crippen molar-refractivity contribution in [2.75, 3.05) is 0 Å². The van der Waals surface area contributed by atoms with Gasteiger partial charge in [0.2, 0.25) is 0 Å². The van der Waals surface area contributed by atoms with Crippen LogP contribution in [0, 0.1) is 23.3 Å². The zero-order valence-corrected chi connectivity index (χ0v) is 102. The molecule has 0 bridgehead atoms. The molecular formula is C120H128F4N8S16Si2. The van der Waals surface area contributed by atoms with Crippen LogP contribution in [-0.2, 0) is 25.7 Å². The zero-order chi connectivity index (χ0) is 103. The minimum Gasteiger partial charge on any atom is -0.206 e. The van der Waals surface area contributed by atoms with E-state index in [9.17, 15) is 0 Å². The summed E-state index contributed by atoms with van der Waals surface area (Å²) in [7, 11) is -4.79. The average molecular weight is 2330 g/mol. The molecule has 0 spiro atoms. The number of fused-ring (bicyclic) bond motifs is 10. The molecule has 0 fully saturated rings. The minimum atomic E-state index is -2.43. The third-order valence-corrected chi connectivity index (χ3v) is 58.5. The Bertz CT molecular complexity index is 7550. The van der Waals surface area contributed by atoms with Crippen molar-refractivity contribution in [1.82, 2.24) is 35.0 Å². The number of rotatable bonds is 52. The summed E-state index contributed by atoms with van der Waals surface area (Å²) in [6.07, 6.45) is 43.6. The average Bonchev–Trinajstić information content (AvgIpc) is 1.53. The molecule has 16 aromatic heterocycles. The molecule has 8 nitrogen and oxygen atoms in total. The van der Waals surface area contributed by atoms with Crippen LogP contribution in [0.2, 0.25) is 24.2 Å². The molecule has 2 aliphatic heterocycles. The van der Waals surface area contributed by atoms with E-state index < -0.39 is 16.1 Å². The van der Waals surface area contributed by atoms with E-state index in [1.807, 2.05) is 45.3 Å². The molecule has 780 valence electrons. The number of halogens is 4. The Kier molecular flexibility index (Phi) is 36.1. The topological polar surface area (TPSA) is 103 Å². The number of aryl methyl sites for hydroxylation is 4. The number of hydrogen-bond donors (Lipinski definition) is 0. The summed E-state index contributed by atoms with van der Waals surface area (Å²) < 4.78 is 108. The van der Waals surface area contributed by atoms with E-state index in [4.69, 9.17) is 35.0 Å². The van der Waals surface area contributed by atoms with Gasteiger partial charge in [-0.3, -0.25) is 0 Å². The summed E-state index contributed by atoms with van der Waals surface area (Å²) in [5.41, 5.74) is 11.1. The number of nitrogens with zero attached hydrogens (tertiary/aromatic N) is 8. The summed E-state index contributed by atoms with van der Waals surface area (Å²) in [5, 5.41) is 5.87. The number of thiophene rings is 12. The fourth-order valence-corrected chi connectivity index (χ4v) is 52.4. The highest BCUT2D eigenvalue weighted by molar-refractivity contribution is 7.33. The van der Waals surface area contributed by atoms with E-state index in [-0.39, 0.29) is 23.3 Å². The van der Waals surface area contributed by atoms with E-state index >= 15 is 17.6 Å². The summed E-state index contributed by atoms with van der Waals surface area (Å²) >= 11 is 25.9. The maximum Gasteiger partial charge on any atom is 0.134 e. The van der Waals surface area contributed by atoms with Gasteiger partial charge in [-0.15, -0.1) is 136 Å². The van der Waals surface area contributed by atoms with Crippen LogP contribution in [0.15, 0.2) is 146 Å². The Morgan fingerprint density at radius 2 is 0.387 bits per heavy atom. The molecule has 18 heterocycles. The largest absolute Gasteiger partial charge is 0.206 e. The van der Waals surface area contributed by atoms with Gasteiger partial charge in [0.25, 0.3) is 0 Å². The quantitative estimate of drug-likeness (QED) is 0.0211. The van der Waals surface area contributed by atoms with Crippen molar-refractivity contribution >= 4 is 264 Å². The van der Waals surface area contributed by atoms with Gasteiger partial charge in [0.1, 0.15) is 83.6 Å². The molecule has 0 unspecified atom stereocenters. The van der Waals surface area contributed by atoms with Crippen molar-refractivity contribution in [2.45, 2.75) is 311 Å². The van der Waals surface area contributed by atoms with Gasteiger partial charge >= 0.3 is 0 Å². The Balaban J connectivity index is 0.000000175. The lowest BCUT2D eigenvalue weighted by molar-refractivity contribution is 0.633. The number of unbranched alkanes of at least 4 members (excludes halogenated alkanes) is 24. The van der Waals surface area contributed by atoms with Crippen LogP contribution in [0.3, 0.4) is 0 Å². The second kappa shape index (κ2) is 50.1. The van der Waals surface area contributed by atoms with Crippen LogP contribution in [0.5, 0.6) is 0 Å². The van der Waals surface area contributed by atoms with Gasteiger partial charge in [-0.05, 0) is 242 Å². The second-order valence-corrected chi connectivity index (χ2v) is 64.6. The maximum absolute atomic E-state index is 17.3. The molecule has 0 N–H and O–H groups in total. The summed E-state index contributed by atoms with van der Waals surface area (Å²) in [6, 6.07) is 56.2. The molecule has 0 aliphatic carbocycles. The van der Waals surface area contributed by atoms with Crippen molar-refractivity contribution in [3.8, 4) is 142 Å². The lowest BCUT2D eigenvalue weighted by Gasteiger charge is -2.29. The first-order valence-corrected chi connectivity index (χ1v) is 72.3. The molecule has 20 aromatic rings. The van der Waals surface area contributed by atoms with Crippen LogP contribution in [-0.4, -0.2) is 51.1 Å². The van der Waals surface area contributed by atoms with Crippen LogP contribution in [0.1, 0.15) is 280 Å². The van der Waals surface area contributed by atoms with Gasteiger partial charge in [0.05, 0.1) is 69.2 Å². The van der Waals surface area contributed by atoms with Crippen molar-refractivity contribution in [2.24, 2.45) is 0 Å². The van der Waals surface area contributed by atoms with Crippen LogP contribution in [0.25, 0.3) is 186 Å². The van der Waals surface area contributed by atoms with Crippen molar-refractivity contribution in [3.63, 3.8) is 0 Å². The summed E-state index contributed by atoms with van der Waals surface area (Å²) in [4.78, 5) is 28.2. The Hall–Kier alpha value is -7.29. The van der Waals surface area contributed by atoms with Gasteiger partial charge in [0.15, 0.2) is 0 Å². The van der Waals surface area contributed by atoms with Gasteiger partial charge in [-0.25, -0.2) is 17.6 Å². The van der Waals surface area contributed by atoms with Gasteiger partial charge in [-0.2, -0.15) is 35.0 Å². The number of hydrogen-bond acceptors (Lipinski definition) is 24. The standard InChI is InChI=1S/2C60H64F2N4S8Si/c1-5-9-13-17-21-37-23-25-45(67-37)47-29-27-43(69-47)39-33-41(61)53(57-55(39)63-73-65-57)49-35-51-59(71-49)60-52(75(51,31-19-15-11-7-3)32-20-16-12-8-4)36-50(72-60)54-42(62)34-40(56-58(54)66-74-64-56)44-28-30-48(70-44)46-26-24-38(68-46)22-18-14-10-6-2;1-5-9-13-17-21-37-23-25-43(67-37)45-27-29-47(69-45)53-41(61)33-39(55-57(53)65-73-63-55)49-35-51-59(71-49)60-52(75(51,31-19-15-11-7-3)32-20-16-12-8-4)36-50(72-60)40-34-42(62)54(58-56(40)64-74-66-58)48-30-28-46(70-48)44-26-24-38(68-44)22-18-14-10-6-2/h2*23-30,33-36H,5-22,31-32H2,1-4H3. The molecule has 30 heteroatoms. The Labute approximate surface area is 947 Å². The fraction of sp³-hybridized carbons (Fsp3) is 0.400. The SMILES string of the molecule is CCCCCCc1ccc(-c2ccc(-c3c(F)cc(-c4cc5c(s4)-c4sc(-c6cc(F)c(-c7ccc(-c8ccc(CCCCCC)s8)s7)c7nsnc67)cc4[Si]5(CCCCCC)CCCCCC)c4nsnc34)s2)s1.CCCCCCc1ccc(-c2ccc(-c3cc(F)c(-c4cc5c(s4)-c4sc(-c6c(F)cc(-c7ccc(-c8ccc(CCCCCC)s8)s7)c7nsnc67)cc4[Si]5(CCCCCC)CCCCCC)c4nsnc34)s2)s1. The predicted octanol–water partition coefficient (Wildman–Crippen LogP) is 42.6. The Morgan fingerprint density at radius 1 is 0.187 bits per heavy atom. The number of benzene rings is 4. The van der Waals surface area contributed by atoms with Crippen molar-refractivity contribution < 1.29 is 17.6 Å². The lowest BCUT2D eigenvalue weighted by atomic mass is 10.0. The molecule has 0 atom stereocenters. The molecular weight excluding hydrogens is 2200 g/mol. The van der Waals surface area contributed by atoms with Crippen molar-refractivity contribution in [1.29, 1.82) is 0 Å². The molecule has 0 amide bonds. The van der Waals surface area contributed by atoms with Gasteiger partial charge < -0.3 is 0 Å². The molecule has 150 heavy (non-hydrogen) atoms. The van der Waals surface area contributed by atoms with E-state index in [2.05, 4.69) is 177 Å². The van der Waals surface area contributed by atoms with E-state index in [0.29, 0.717) is 44.3 Å². The van der Waals surface area contributed by atoms with Gasteiger partial charge in [0, 0.05) is 139 Å². The molecule has 22 rings (SSSR count). The Morgan fingerprint density at radius 3 is 0.653 bits per heavy atom. The first kappa shape index (κ1) is 108. The fourth-order valence-electron chi connectivity index (χ4n) is 22.5. The third kappa shape index (κ3) is 22.6. The third-order valence-electron chi connectivity index (χ3n) is 30.4. The first-order valence-electron chi connectivity index (χ1n) is 54.8. The molecule has 0 saturated heterocycles.